The Labute approximate surface area is 104 Å². The van der Waals surface area contributed by atoms with Gasteiger partial charge in [0, 0.05) is 6.20 Å². The maximum Gasteiger partial charge on any atom is 0.233 e. The van der Waals surface area contributed by atoms with Crippen molar-refractivity contribution >= 4 is 15.9 Å². The molecule has 0 aliphatic rings. The number of H-pyrrole nitrogens is 1. The minimum absolute atomic E-state index is 0.155. The predicted octanol–water partition coefficient (Wildman–Crippen LogP) is 1.14. The number of sulfone groups is 1. The van der Waals surface area contributed by atoms with Gasteiger partial charge in [-0.3, -0.25) is 0 Å². The number of nitriles is 1. The lowest BCUT2D eigenvalue weighted by molar-refractivity contribution is 0.600. The average molecular weight is 260 g/mol. The fourth-order valence-corrected chi connectivity index (χ4v) is 2.36. The minimum Gasteiger partial charge on any atom is -0.345 e. The molecule has 18 heavy (non-hydrogen) atoms. The Morgan fingerprint density at radius 3 is 2.83 bits per heavy atom. The number of aromatic amines is 1. The third kappa shape index (κ3) is 2.28. The Morgan fingerprint density at radius 1 is 1.44 bits per heavy atom. The number of imidazole rings is 1. The quantitative estimate of drug-likeness (QED) is 0.834. The van der Waals surface area contributed by atoms with E-state index in [0.717, 1.165) is 0 Å². The summed E-state index contributed by atoms with van der Waals surface area (Å²) in [7, 11) is -3.89. The number of allylic oxidation sites excluding steroid dienone is 1. The van der Waals surface area contributed by atoms with Crippen LogP contribution in [0.1, 0.15) is 5.69 Å². The van der Waals surface area contributed by atoms with Crippen molar-refractivity contribution in [3.05, 3.63) is 47.5 Å². The number of hydrogen-bond acceptors (Lipinski definition) is 5. The second-order valence-electron chi connectivity index (χ2n) is 3.30. The van der Waals surface area contributed by atoms with Gasteiger partial charge in [-0.1, -0.05) is 6.07 Å². The summed E-state index contributed by atoms with van der Waals surface area (Å²) in [6.45, 7) is 0. The lowest BCUT2D eigenvalue weighted by Crippen LogP contribution is -2.05. The minimum atomic E-state index is -3.89. The monoisotopic (exact) mass is 260 g/mol. The first-order valence-corrected chi connectivity index (χ1v) is 6.39. The topological polar surface area (TPSA) is 99.5 Å². The number of rotatable bonds is 3. The third-order valence-electron chi connectivity index (χ3n) is 2.12. The summed E-state index contributed by atoms with van der Waals surface area (Å²) in [5.41, 5.74) is 0.436. The molecule has 6 nitrogen and oxygen atoms in total. The molecule has 0 amide bonds. The zero-order valence-electron chi connectivity index (χ0n) is 9.11. The van der Waals surface area contributed by atoms with Crippen LogP contribution < -0.4 is 0 Å². The Morgan fingerprint density at radius 2 is 2.28 bits per heavy atom. The second kappa shape index (κ2) is 4.81. The second-order valence-corrected chi connectivity index (χ2v) is 5.16. The molecule has 0 saturated heterocycles. The van der Waals surface area contributed by atoms with Gasteiger partial charge in [0.2, 0.25) is 9.84 Å². The molecule has 0 spiro atoms. The molecule has 2 heterocycles. The van der Waals surface area contributed by atoms with E-state index in [-0.39, 0.29) is 9.93 Å². The van der Waals surface area contributed by atoms with Gasteiger partial charge in [-0.25, -0.2) is 18.4 Å². The molecule has 0 atom stereocenters. The summed E-state index contributed by atoms with van der Waals surface area (Å²) in [6, 6.07) is 6.15. The van der Waals surface area contributed by atoms with E-state index in [4.69, 9.17) is 5.26 Å². The normalized spacial score (nSPS) is 12.1. The molecule has 0 aromatic carbocycles. The van der Waals surface area contributed by atoms with Crippen molar-refractivity contribution in [2.45, 2.75) is 5.03 Å². The van der Waals surface area contributed by atoms with E-state index in [0.29, 0.717) is 5.69 Å². The summed E-state index contributed by atoms with van der Waals surface area (Å²) in [4.78, 5) is 9.81. The largest absolute Gasteiger partial charge is 0.345 e. The van der Waals surface area contributed by atoms with Crippen molar-refractivity contribution in [3.8, 4) is 6.07 Å². The van der Waals surface area contributed by atoms with Crippen LogP contribution in [0.2, 0.25) is 0 Å². The first-order chi connectivity index (χ1) is 8.64. The van der Waals surface area contributed by atoms with Gasteiger partial charge < -0.3 is 4.98 Å². The van der Waals surface area contributed by atoms with Gasteiger partial charge >= 0.3 is 0 Å². The van der Waals surface area contributed by atoms with Gasteiger partial charge in [-0.2, -0.15) is 5.26 Å². The molecule has 0 aliphatic heterocycles. The molecule has 0 radical (unpaired) electrons. The van der Waals surface area contributed by atoms with Crippen molar-refractivity contribution in [1.29, 1.82) is 5.26 Å². The molecule has 2 aromatic heterocycles. The lowest BCUT2D eigenvalue weighted by atomic mass is 10.4. The smallest absolute Gasteiger partial charge is 0.233 e. The van der Waals surface area contributed by atoms with Crippen molar-refractivity contribution in [2.75, 3.05) is 0 Å². The summed E-state index contributed by atoms with van der Waals surface area (Å²) < 4.78 is 24.2. The molecule has 2 rings (SSSR count). The molecule has 2 aromatic rings. The van der Waals surface area contributed by atoms with Gasteiger partial charge in [0.25, 0.3) is 0 Å². The number of nitrogens with one attached hydrogen (secondary N) is 1. The van der Waals surface area contributed by atoms with Crippen molar-refractivity contribution in [3.63, 3.8) is 0 Å². The summed E-state index contributed by atoms with van der Waals surface area (Å²) >= 11 is 0. The zero-order chi connectivity index (χ0) is 13.0. The predicted molar refractivity (Wildman–Crippen MR) is 63.6 cm³/mol. The fourth-order valence-electron chi connectivity index (χ4n) is 1.28. The summed E-state index contributed by atoms with van der Waals surface area (Å²) in [5.74, 6) is 0. The number of nitrogens with zero attached hydrogens (tertiary/aromatic N) is 3. The van der Waals surface area contributed by atoms with Crippen LogP contribution in [0.3, 0.4) is 0 Å². The maximum absolute atomic E-state index is 12.1. The average Bonchev–Trinajstić information content (AvgIpc) is 2.89. The molecule has 0 aliphatic carbocycles. The number of pyridine rings is 1. The first-order valence-electron chi connectivity index (χ1n) is 4.91. The fraction of sp³-hybridized carbons (Fsp3) is 0. The van der Waals surface area contributed by atoms with Crippen molar-refractivity contribution < 1.29 is 8.42 Å². The molecule has 0 fully saturated rings. The van der Waals surface area contributed by atoms with Gasteiger partial charge in [0.1, 0.15) is 6.07 Å². The Hall–Kier alpha value is -2.46. The van der Waals surface area contributed by atoms with E-state index in [2.05, 4.69) is 15.0 Å². The highest BCUT2D eigenvalue weighted by Gasteiger charge is 2.21. The van der Waals surface area contributed by atoms with Crippen LogP contribution in [0.15, 0.2) is 46.9 Å². The van der Waals surface area contributed by atoms with Gasteiger partial charge in [-0.05, 0) is 18.2 Å². The van der Waals surface area contributed by atoms with Crippen LogP contribution in [0, 0.1) is 11.3 Å². The van der Waals surface area contributed by atoms with Crippen molar-refractivity contribution in [1.82, 2.24) is 15.0 Å². The first kappa shape index (κ1) is 12.0. The highest BCUT2D eigenvalue weighted by atomic mass is 32.2. The van der Waals surface area contributed by atoms with Crippen LogP contribution in [0.4, 0.5) is 0 Å². The Kier molecular flexibility index (Phi) is 3.21. The van der Waals surface area contributed by atoms with E-state index in [1.54, 1.807) is 18.2 Å². The zero-order valence-corrected chi connectivity index (χ0v) is 9.92. The van der Waals surface area contributed by atoms with Crippen LogP contribution in [0.5, 0.6) is 0 Å². The third-order valence-corrected chi connectivity index (χ3v) is 3.70. The van der Waals surface area contributed by atoms with Crippen LogP contribution in [0.25, 0.3) is 6.08 Å². The van der Waals surface area contributed by atoms with E-state index in [1.165, 1.54) is 30.9 Å². The standard InChI is InChI=1S/C11H8N4O2S/c12-6-10(5-9-7-13-8-15-9)18(16,17)11-3-1-2-4-14-11/h1-5,7-8H,(H,13,15). The Balaban J connectivity index is 2.50. The van der Waals surface area contributed by atoms with Gasteiger partial charge in [0.05, 0.1) is 18.2 Å². The highest BCUT2D eigenvalue weighted by Crippen LogP contribution is 2.18. The summed E-state index contributed by atoms with van der Waals surface area (Å²) in [5, 5.41) is 8.81. The number of aromatic nitrogens is 3. The van der Waals surface area contributed by atoms with E-state index in [1.807, 2.05) is 0 Å². The SMILES string of the molecule is N#CC(=Cc1cnc[nH]1)S(=O)(=O)c1ccccn1. The molecule has 0 unspecified atom stereocenters. The summed E-state index contributed by atoms with van der Waals surface area (Å²) in [6.07, 6.45) is 5.40. The van der Waals surface area contributed by atoms with Gasteiger partial charge in [-0.15, -0.1) is 0 Å². The lowest BCUT2D eigenvalue weighted by Gasteiger charge is -2.00. The van der Waals surface area contributed by atoms with Crippen LogP contribution in [-0.4, -0.2) is 23.4 Å². The van der Waals surface area contributed by atoms with E-state index in [9.17, 15) is 8.42 Å². The van der Waals surface area contributed by atoms with E-state index >= 15 is 0 Å². The van der Waals surface area contributed by atoms with E-state index < -0.39 is 9.84 Å². The molecule has 90 valence electrons. The van der Waals surface area contributed by atoms with Crippen LogP contribution in [-0.2, 0) is 9.84 Å². The molecule has 7 heteroatoms. The molecular formula is C11H8N4O2S. The highest BCUT2D eigenvalue weighted by molar-refractivity contribution is 7.95. The molecule has 1 N–H and O–H groups in total. The molecule has 0 saturated carbocycles. The van der Waals surface area contributed by atoms with Crippen LogP contribution >= 0.6 is 0 Å². The molecule has 0 bridgehead atoms. The van der Waals surface area contributed by atoms with Crippen molar-refractivity contribution in [2.24, 2.45) is 0 Å². The number of hydrogen-bond donors (Lipinski definition) is 1. The molecular weight excluding hydrogens is 252 g/mol. The van der Waals surface area contributed by atoms with Gasteiger partial charge in [0.15, 0.2) is 9.93 Å². The maximum atomic E-state index is 12.1. The Bertz CT molecular complexity index is 697.